The second-order valence-electron chi connectivity index (χ2n) is 5.28. The molecule has 0 unspecified atom stereocenters. The molecule has 0 fully saturated rings. The third-order valence-electron chi connectivity index (χ3n) is 2.85. The average Bonchev–Trinajstić information content (AvgIpc) is 2.23. The summed E-state index contributed by atoms with van der Waals surface area (Å²) in [4.78, 5) is 13.7. The minimum Gasteiger partial charge on any atom is -0.355 e. The zero-order valence-electron chi connectivity index (χ0n) is 12.0. The third-order valence-corrected chi connectivity index (χ3v) is 2.85. The van der Waals surface area contributed by atoms with Gasteiger partial charge < -0.3 is 15.5 Å². The van der Waals surface area contributed by atoms with E-state index in [0.717, 1.165) is 26.1 Å². The standard InChI is InChI=1S/C13H29N3O/c1-11(2)6-7-15-13(17)10-14-8-9-16(5)12(3)4/h11-12,14H,6-10H2,1-5H3,(H,15,17). The van der Waals surface area contributed by atoms with E-state index in [-0.39, 0.29) is 5.91 Å². The molecule has 4 nitrogen and oxygen atoms in total. The van der Waals surface area contributed by atoms with Gasteiger partial charge in [-0.25, -0.2) is 0 Å². The molecule has 0 aliphatic rings. The van der Waals surface area contributed by atoms with Crippen molar-refractivity contribution in [3.63, 3.8) is 0 Å². The molecule has 0 saturated carbocycles. The van der Waals surface area contributed by atoms with Crippen LogP contribution in [0, 0.1) is 5.92 Å². The highest BCUT2D eigenvalue weighted by Gasteiger charge is 2.03. The number of likely N-dealkylation sites (N-methyl/N-ethyl adjacent to an activating group) is 1. The lowest BCUT2D eigenvalue weighted by Gasteiger charge is -2.20. The highest BCUT2D eigenvalue weighted by molar-refractivity contribution is 5.77. The molecule has 2 N–H and O–H groups in total. The van der Waals surface area contributed by atoms with E-state index in [1.807, 2.05) is 0 Å². The lowest BCUT2D eigenvalue weighted by Crippen LogP contribution is -2.39. The molecule has 0 aliphatic heterocycles. The number of rotatable bonds is 9. The van der Waals surface area contributed by atoms with Gasteiger partial charge in [-0.05, 0) is 33.2 Å². The number of nitrogens with zero attached hydrogens (tertiary/aromatic N) is 1. The van der Waals surface area contributed by atoms with E-state index in [9.17, 15) is 4.79 Å². The van der Waals surface area contributed by atoms with Gasteiger partial charge in [0.1, 0.15) is 0 Å². The van der Waals surface area contributed by atoms with Gasteiger partial charge in [-0.3, -0.25) is 4.79 Å². The van der Waals surface area contributed by atoms with E-state index < -0.39 is 0 Å². The molecule has 0 aliphatic carbocycles. The Balaban J connectivity index is 3.39. The Morgan fingerprint density at radius 2 is 1.82 bits per heavy atom. The van der Waals surface area contributed by atoms with Crippen molar-refractivity contribution in [1.29, 1.82) is 0 Å². The van der Waals surface area contributed by atoms with Crippen molar-refractivity contribution in [2.75, 3.05) is 33.2 Å². The van der Waals surface area contributed by atoms with Crippen molar-refractivity contribution in [2.45, 2.75) is 40.2 Å². The summed E-state index contributed by atoms with van der Waals surface area (Å²) in [5, 5.41) is 6.07. The van der Waals surface area contributed by atoms with Crippen LogP contribution in [0.15, 0.2) is 0 Å². The topological polar surface area (TPSA) is 44.4 Å². The molecule has 0 heterocycles. The maximum Gasteiger partial charge on any atom is 0.233 e. The van der Waals surface area contributed by atoms with E-state index in [0.29, 0.717) is 18.5 Å². The Hall–Kier alpha value is -0.610. The number of hydrogen-bond acceptors (Lipinski definition) is 3. The van der Waals surface area contributed by atoms with Crippen LogP contribution in [0.4, 0.5) is 0 Å². The molecule has 102 valence electrons. The van der Waals surface area contributed by atoms with Crippen molar-refractivity contribution < 1.29 is 4.79 Å². The predicted octanol–water partition coefficient (Wildman–Crippen LogP) is 1.08. The van der Waals surface area contributed by atoms with E-state index >= 15 is 0 Å². The highest BCUT2D eigenvalue weighted by atomic mass is 16.1. The average molecular weight is 243 g/mol. The molecule has 0 bridgehead atoms. The number of nitrogens with one attached hydrogen (secondary N) is 2. The van der Waals surface area contributed by atoms with Gasteiger partial charge in [0.25, 0.3) is 0 Å². The monoisotopic (exact) mass is 243 g/mol. The quantitative estimate of drug-likeness (QED) is 0.596. The molecular weight excluding hydrogens is 214 g/mol. The van der Waals surface area contributed by atoms with Crippen LogP contribution in [0.1, 0.15) is 34.1 Å². The summed E-state index contributed by atoms with van der Waals surface area (Å²) < 4.78 is 0. The summed E-state index contributed by atoms with van der Waals surface area (Å²) >= 11 is 0. The van der Waals surface area contributed by atoms with Gasteiger partial charge in [0.15, 0.2) is 0 Å². The van der Waals surface area contributed by atoms with E-state index in [2.05, 4.69) is 50.3 Å². The molecule has 0 aromatic heterocycles. The van der Waals surface area contributed by atoms with Crippen molar-refractivity contribution >= 4 is 5.91 Å². The van der Waals surface area contributed by atoms with Crippen molar-refractivity contribution in [3.05, 3.63) is 0 Å². The number of hydrogen-bond donors (Lipinski definition) is 2. The molecule has 0 saturated heterocycles. The van der Waals surface area contributed by atoms with Crippen molar-refractivity contribution in [2.24, 2.45) is 5.92 Å². The maximum atomic E-state index is 11.4. The second kappa shape index (κ2) is 9.42. The van der Waals surface area contributed by atoms with E-state index in [1.54, 1.807) is 0 Å². The summed E-state index contributed by atoms with van der Waals surface area (Å²) in [5.74, 6) is 0.737. The minimum absolute atomic E-state index is 0.0952. The first-order valence-electron chi connectivity index (χ1n) is 6.61. The normalized spacial score (nSPS) is 11.5. The minimum atomic E-state index is 0.0952. The summed E-state index contributed by atoms with van der Waals surface area (Å²) in [5.41, 5.74) is 0. The van der Waals surface area contributed by atoms with Crippen LogP contribution in [0.2, 0.25) is 0 Å². The van der Waals surface area contributed by atoms with Gasteiger partial charge in [-0.15, -0.1) is 0 Å². The number of carbonyl (C=O) groups excluding carboxylic acids is 1. The maximum absolute atomic E-state index is 11.4. The number of amides is 1. The first-order chi connectivity index (χ1) is 7.93. The Morgan fingerprint density at radius 3 is 2.35 bits per heavy atom. The van der Waals surface area contributed by atoms with Crippen molar-refractivity contribution in [1.82, 2.24) is 15.5 Å². The molecule has 0 aromatic rings. The molecule has 4 heteroatoms. The Kier molecular flexibility index (Phi) is 9.09. The molecule has 0 radical (unpaired) electrons. The highest BCUT2D eigenvalue weighted by Crippen LogP contribution is 1.95. The van der Waals surface area contributed by atoms with Crippen LogP contribution in [-0.2, 0) is 4.79 Å². The Bertz CT molecular complexity index is 205. The van der Waals surface area contributed by atoms with Crippen LogP contribution in [0.25, 0.3) is 0 Å². The molecule has 0 rings (SSSR count). The fourth-order valence-corrected chi connectivity index (χ4v) is 1.28. The van der Waals surface area contributed by atoms with E-state index in [1.165, 1.54) is 0 Å². The third kappa shape index (κ3) is 10.3. The van der Waals surface area contributed by atoms with Crippen molar-refractivity contribution in [3.8, 4) is 0 Å². The van der Waals surface area contributed by atoms with Crippen LogP contribution in [-0.4, -0.2) is 50.1 Å². The molecular formula is C13H29N3O. The smallest absolute Gasteiger partial charge is 0.233 e. The lowest BCUT2D eigenvalue weighted by molar-refractivity contribution is -0.120. The SMILES string of the molecule is CC(C)CCNC(=O)CNCCN(C)C(C)C. The van der Waals surface area contributed by atoms with Crippen LogP contribution in [0.5, 0.6) is 0 Å². The molecule has 1 amide bonds. The molecule has 0 aromatic carbocycles. The summed E-state index contributed by atoms with van der Waals surface area (Å²) in [6.45, 7) is 11.7. The van der Waals surface area contributed by atoms with Gasteiger partial charge in [-0.1, -0.05) is 13.8 Å². The van der Waals surface area contributed by atoms with E-state index in [4.69, 9.17) is 0 Å². The number of carbonyl (C=O) groups is 1. The Morgan fingerprint density at radius 1 is 1.18 bits per heavy atom. The predicted molar refractivity (Wildman–Crippen MR) is 73.1 cm³/mol. The van der Waals surface area contributed by atoms with Crippen LogP contribution >= 0.6 is 0 Å². The fraction of sp³-hybridized carbons (Fsp3) is 0.923. The summed E-state index contributed by atoms with van der Waals surface area (Å²) in [6.07, 6.45) is 1.04. The zero-order valence-corrected chi connectivity index (χ0v) is 12.0. The Labute approximate surface area is 106 Å². The van der Waals surface area contributed by atoms with Gasteiger partial charge in [-0.2, -0.15) is 0 Å². The molecule has 0 spiro atoms. The second-order valence-corrected chi connectivity index (χ2v) is 5.28. The fourth-order valence-electron chi connectivity index (χ4n) is 1.28. The summed E-state index contributed by atoms with van der Waals surface area (Å²) in [6, 6.07) is 0.552. The first-order valence-corrected chi connectivity index (χ1v) is 6.61. The summed E-state index contributed by atoms with van der Waals surface area (Å²) in [7, 11) is 2.09. The van der Waals surface area contributed by atoms with Crippen LogP contribution < -0.4 is 10.6 Å². The molecule has 17 heavy (non-hydrogen) atoms. The lowest BCUT2D eigenvalue weighted by atomic mass is 10.1. The largest absolute Gasteiger partial charge is 0.355 e. The molecule has 0 atom stereocenters. The van der Waals surface area contributed by atoms with Crippen LogP contribution in [0.3, 0.4) is 0 Å². The first kappa shape index (κ1) is 16.4. The van der Waals surface area contributed by atoms with Gasteiger partial charge in [0.2, 0.25) is 5.91 Å². The van der Waals surface area contributed by atoms with Gasteiger partial charge in [0.05, 0.1) is 6.54 Å². The van der Waals surface area contributed by atoms with Gasteiger partial charge >= 0.3 is 0 Å². The zero-order chi connectivity index (χ0) is 13.3. The van der Waals surface area contributed by atoms with Gasteiger partial charge in [0, 0.05) is 25.7 Å².